The molecular weight excluding hydrogens is 340 g/mol. The van der Waals surface area contributed by atoms with Gasteiger partial charge in [-0.15, -0.1) is 0 Å². The Morgan fingerprint density at radius 3 is 2.52 bits per heavy atom. The van der Waals surface area contributed by atoms with Crippen molar-refractivity contribution in [3.8, 4) is 0 Å². The number of carboxylic acid groups (broad SMARTS) is 1. The van der Waals surface area contributed by atoms with E-state index in [0.717, 1.165) is 32.1 Å². The molecule has 3 saturated carbocycles. The fourth-order valence-corrected chi connectivity index (χ4v) is 7.81. The molecular formula is C23H34O4. The van der Waals surface area contributed by atoms with Crippen molar-refractivity contribution in [2.75, 3.05) is 0 Å². The summed E-state index contributed by atoms with van der Waals surface area (Å²) in [5.41, 5.74) is 0.459. The molecule has 4 nitrogen and oxygen atoms in total. The largest absolute Gasteiger partial charge is 0.481 e. The number of Topliss-reactive ketones (excluding diaryl/α,β-unsaturated/α-hetero) is 1. The second kappa shape index (κ2) is 6.17. The minimum absolute atomic E-state index is 0.0866. The standard InChI is InChI=1S/C23H34O4/c1-14(24)17-6-7-18-16-5-4-15-12-23(27,13-20(25)26)11-10-21(15,2)19(16)8-9-22(17,18)3/h4,16-19,27H,5-13H2,1-3H3,(H,25,26)/t16-,17+,18-,19-,21-,22+,23-/m0/s1. The second-order valence-corrected chi connectivity index (χ2v) is 10.5. The van der Waals surface area contributed by atoms with Crippen molar-refractivity contribution in [3.05, 3.63) is 11.6 Å². The maximum atomic E-state index is 12.2. The molecule has 0 aromatic carbocycles. The predicted molar refractivity (Wildman–Crippen MR) is 103 cm³/mol. The third kappa shape index (κ3) is 2.82. The van der Waals surface area contributed by atoms with Gasteiger partial charge < -0.3 is 10.2 Å². The van der Waals surface area contributed by atoms with Crippen LogP contribution in [-0.4, -0.2) is 27.6 Å². The Morgan fingerprint density at radius 2 is 1.85 bits per heavy atom. The molecule has 0 saturated heterocycles. The molecule has 4 aliphatic carbocycles. The third-order valence-corrected chi connectivity index (χ3v) is 9.23. The van der Waals surface area contributed by atoms with Crippen LogP contribution < -0.4 is 0 Å². The smallest absolute Gasteiger partial charge is 0.306 e. The molecule has 0 aliphatic heterocycles. The monoisotopic (exact) mass is 374 g/mol. The van der Waals surface area contributed by atoms with E-state index in [0.29, 0.717) is 36.4 Å². The Labute approximate surface area is 162 Å². The summed E-state index contributed by atoms with van der Waals surface area (Å²) in [5.74, 6) is 1.55. The van der Waals surface area contributed by atoms with Gasteiger partial charge in [-0.2, -0.15) is 0 Å². The first kappa shape index (κ1) is 19.2. The number of hydrogen-bond acceptors (Lipinski definition) is 3. The van der Waals surface area contributed by atoms with Gasteiger partial charge in [0, 0.05) is 5.92 Å². The van der Waals surface area contributed by atoms with Crippen LogP contribution in [0.15, 0.2) is 11.6 Å². The van der Waals surface area contributed by atoms with E-state index in [2.05, 4.69) is 19.9 Å². The van der Waals surface area contributed by atoms with E-state index >= 15 is 0 Å². The minimum Gasteiger partial charge on any atom is -0.481 e. The van der Waals surface area contributed by atoms with Gasteiger partial charge >= 0.3 is 5.97 Å². The molecule has 0 aromatic rings. The van der Waals surface area contributed by atoms with Gasteiger partial charge in [0.1, 0.15) is 5.78 Å². The van der Waals surface area contributed by atoms with E-state index in [1.807, 2.05) is 0 Å². The van der Waals surface area contributed by atoms with Gasteiger partial charge in [0.25, 0.3) is 0 Å². The maximum Gasteiger partial charge on any atom is 0.306 e. The minimum atomic E-state index is -1.08. The number of carboxylic acids is 1. The Kier molecular flexibility index (Phi) is 4.38. The van der Waals surface area contributed by atoms with Gasteiger partial charge in [-0.3, -0.25) is 9.59 Å². The molecule has 0 unspecified atom stereocenters. The second-order valence-electron chi connectivity index (χ2n) is 10.5. The fourth-order valence-electron chi connectivity index (χ4n) is 7.81. The Bertz CT molecular complexity index is 696. The van der Waals surface area contributed by atoms with Gasteiger partial charge in [-0.1, -0.05) is 25.5 Å². The van der Waals surface area contributed by atoms with Crippen LogP contribution >= 0.6 is 0 Å². The van der Waals surface area contributed by atoms with Gasteiger partial charge in [0.15, 0.2) is 0 Å². The van der Waals surface area contributed by atoms with Crippen LogP contribution in [0.3, 0.4) is 0 Å². The van der Waals surface area contributed by atoms with E-state index in [1.54, 1.807) is 6.92 Å². The Hall–Kier alpha value is -1.16. The molecule has 7 atom stereocenters. The highest BCUT2D eigenvalue weighted by Gasteiger charge is 2.60. The van der Waals surface area contributed by atoms with Crippen LogP contribution in [0, 0.1) is 34.5 Å². The fraction of sp³-hybridized carbons (Fsp3) is 0.826. The summed E-state index contributed by atoms with van der Waals surface area (Å²) in [7, 11) is 0. The van der Waals surface area contributed by atoms with Crippen molar-refractivity contribution in [2.45, 2.75) is 84.2 Å². The molecule has 4 aliphatic rings. The zero-order chi connectivity index (χ0) is 19.6. The average molecular weight is 375 g/mol. The summed E-state index contributed by atoms with van der Waals surface area (Å²) in [6, 6.07) is 0. The van der Waals surface area contributed by atoms with E-state index in [-0.39, 0.29) is 23.2 Å². The lowest BCUT2D eigenvalue weighted by atomic mass is 9.46. The summed E-state index contributed by atoms with van der Waals surface area (Å²) in [6.07, 6.45) is 9.68. The summed E-state index contributed by atoms with van der Waals surface area (Å²) >= 11 is 0. The quantitative estimate of drug-likeness (QED) is 0.720. The lowest BCUT2D eigenvalue weighted by Crippen LogP contribution is -2.52. The molecule has 0 aromatic heterocycles. The number of aliphatic hydroxyl groups is 1. The van der Waals surface area contributed by atoms with Crippen molar-refractivity contribution in [2.24, 2.45) is 34.5 Å². The lowest BCUT2D eigenvalue weighted by Gasteiger charge is -2.59. The molecule has 0 spiro atoms. The van der Waals surface area contributed by atoms with Gasteiger partial charge in [-0.25, -0.2) is 0 Å². The van der Waals surface area contributed by atoms with E-state index in [9.17, 15) is 19.8 Å². The number of allylic oxidation sites excluding steroid dienone is 1. The molecule has 150 valence electrons. The molecule has 4 heteroatoms. The van der Waals surface area contributed by atoms with Crippen LogP contribution in [0.4, 0.5) is 0 Å². The number of carbonyl (C=O) groups excluding carboxylic acids is 1. The van der Waals surface area contributed by atoms with Crippen LogP contribution in [0.25, 0.3) is 0 Å². The summed E-state index contributed by atoms with van der Waals surface area (Å²) < 4.78 is 0. The summed E-state index contributed by atoms with van der Waals surface area (Å²) in [4.78, 5) is 23.4. The van der Waals surface area contributed by atoms with Crippen molar-refractivity contribution in [1.82, 2.24) is 0 Å². The molecule has 0 bridgehead atoms. The van der Waals surface area contributed by atoms with E-state index in [4.69, 9.17) is 0 Å². The molecule has 0 radical (unpaired) electrons. The topological polar surface area (TPSA) is 74.6 Å². The first-order valence-electron chi connectivity index (χ1n) is 10.7. The molecule has 3 fully saturated rings. The van der Waals surface area contributed by atoms with Crippen molar-refractivity contribution < 1.29 is 19.8 Å². The van der Waals surface area contributed by atoms with Crippen molar-refractivity contribution >= 4 is 11.8 Å². The highest BCUT2D eigenvalue weighted by atomic mass is 16.4. The predicted octanol–water partition coefficient (Wildman–Crippen LogP) is 4.36. The normalized spacial score (nSPS) is 48.8. The number of aliphatic carboxylic acids is 1. The third-order valence-electron chi connectivity index (χ3n) is 9.23. The molecule has 0 heterocycles. The number of carbonyl (C=O) groups is 2. The number of hydrogen-bond donors (Lipinski definition) is 2. The first-order chi connectivity index (χ1) is 12.6. The average Bonchev–Trinajstić information content (AvgIpc) is 2.92. The van der Waals surface area contributed by atoms with Crippen molar-refractivity contribution in [3.63, 3.8) is 0 Å². The highest BCUT2D eigenvalue weighted by Crippen LogP contribution is 2.66. The lowest BCUT2D eigenvalue weighted by molar-refractivity contribution is -0.145. The Morgan fingerprint density at radius 1 is 1.11 bits per heavy atom. The molecule has 27 heavy (non-hydrogen) atoms. The molecule has 0 amide bonds. The zero-order valence-electron chi connectivity index (χ0n) is 17.0. The van der Waals surface area contributed by atoms with Crippen molar-refractivity contribution in [1.29, 1.82) is 0 Å². The van der Waals surface area contributed by atoms with E-state index < -0.39 is 11.6 Å². The van der Waals surface area contributed by atoms with Crippen LogP contribution in [-0.2, 0) is 9.59 Å². The SMILES string of the molecule is CC(=O)[C@H]1CC[C@H]2[C@@H]3CC=C4C[C@](O)(CC(=O)O)CC[C@]4(C)[C@H]3CC[C@]12C. The van der Waals surface area contributed by atoms with Crippen LogP contribution in [0.2, 0.25) is 0 Å². The van der Waals surface area contributed by atoms with Gasteiger partial charge in [-0.05, 0) is 86.9 Å². The zero-order valence-corrected chi connectivity index (χ0v) is 17.0. The maximum absolute atomic E-state index is 12.2. The Balaban J connectivity index is 1.61. The van der Waals surface area contributed by atoms with Gasteiger partial charge in [0.2, 0.25) is 0 Å². The van der Waals surface area contributed by atoms with Crippen LogP contribution in [0.1, 0.15) is 78.6 Å². The summed E-state index contributed by atoms with van der Waals surface area (Å²) in [6.45, 7) is 6.49. The summed E-state index contributed by atoms with van der Waals surface area (Å²) in [5, 5.41) is 20.0. The molecule has 2 N–H and O–H groups in total. The number of rotatable bonds is 3. The van der Waals surface area contributed by atoms with E-state index in [1.165, 1.54) is 12.0 Å². The molecule has 4 rings (SSSR count). The van der Waals surface area contributed by atoms with Crippen LogP contribution in [0.5, 0.6) is 0 Å². The highest BCUT2D eigenvalue weighted by molar-refractivity contribution is 5.79. The van der Waals surface area contributed by atoms with Gasteiger partial charge in [0.05, 0.1) is 12.0 Å². The number of ketones is 1. The first-order valence-corrected chi connectivity index (χ1v) is 10.7. The number of fused-ring (bicyclic) bond motifs is 5.